The van der Waals surface area contributed by atoms with Crippen molar-refractivity contribution in [3.05, 3.63) is 158 Å². The molecule has 0 bridgehead atoms. The summed E-state index contributed by atoms with van der Waals surface area (Å²) in [5, 5.41) is 0. The van der Waals surface area contributed by atoms with Crippen molar-refractivity contribution in [3.8, 4) is 0 Å². The van der Waals surface area contributed by atoms with E-state index in [0.717, 1.165) is 154 Å². The number of esters is 3. The smallest absolute Gasteiger partial charge is 0.306 e. The first-order valence-electron chi connectivity index (χ1n) is 32.5. The summed E-state index contributed by atoms with van der Waals surface area (Å²) in [5.41, 5.74) is 0. The Balaban J connectivity index is 4.41. The average Bonchev–Trinajstić information content (AvgIpc) is 3.46. The summed E-state index contributed by atoms with van der Waals surface area (Å²) in [6, 6.07) is 0. The Hall–Kier alpha value is -4.97. The molecule has 0 rings (SSSR count). The molecule has 0 aliphatic carbocycles. The van der Waals surface area contributed by atoms with Crippen LogP contribution in [-0.4, -0.2) is 37.2 Å². The van der Waals surface area contributed by atoms with E-state index < -0.39 is 6.10 Å². The largest absolute Gasteiger partial charge is 0.462 e. The molecule has 6 heteroatoms. The Kier molecular flexibility index (Phi) is 62.4. The van der Waals surface area contributed by atoms with Crippen LogP contribution in [0.1, 0.15) is 271 Å². The first kappa shape index (κ1) is 75.0. The fourth-order valence-corrected chi connectivity index (χ4v) is 8.36. The molecule has 450 valence electrons. The highest BCUT2D eigenvalue weighted by Gasteiger charge is 2.19. The van der Waals surface area contributed by atoms with E-state index in [1.54, 1.807) is 0 Å². The second kappa shape index (κ2) is 66.5. The summed E-state index contributed by atoms with van der Waals surface area (Å²) < 4.78 is 16.8. The van der Waals surface area contributed by atoms with Gasteiger partial charge in [-0.25, -0.2) is 0 Å². The minimum Gasteiger partial charge on any atom is -0.462 e. The molecule has 0 amide bonds. The minimum absolute atomic E-state index is 0.108. The monoisotopic (exact) mass is 1100 g/mol. The first-order chi connectivity index (χ1) is 39.5. The molecular weight excluding hydrogens is 985 g/mol. The van der Waals surface area contributed by atoms with Crippen molar-refractivity contribution in [2.24, 2.45) is 0 Å². The molecule has 0 N–H and O–H groups in total. The van der Waals surface area contributed by atoms with Crippen LogP contribution in [0, 0.1) is 0 Å². The molecule has 6 nitrogen and oxygen atoms in total. The average molecular weight is 1100 g/mol. The molecule has 0 radical (unpaired) electrons. The van der Waals surface area contributed by atoms with Crippen LogP contribution < -0.4 is 0 Å². The SMILES string of the molecule is CC/C=C\C/C=C\C/C=C\C/C=C\C/C=C\C/C=C\C/C=C\C/C=C\C/C=C\C/C=C\CCCCC(=O)OCC(COC(=O)CCCCCCC/C=C\C/C=C\CCCC)OC(=O)CCCCCCC/C=C\CCCCCCCC. The van der Waals surface area contributed by atoms with Crippen LogP contribution in [0.4, 0.5) is 0 Å². The van der Waals surface area contributed by atoms with Gasteiger partial charge in [-0.2, -0.15) is 0 Å². The molecular formula is C74H118O6. The third-order valence-electron chi connectivity index (χ3n) is 13.2. The third kappa shape index (κ3) is 63.9. The van der Waals surface area contributed by atoms with E-state index in [-0.39, 0.29) is 31.1 Å². The predicted octanol–water partition coefficient (Wildman–Crippen LogP) is 22.5. The molecule has 0 aromatic heterocycles. The molecule has 0 aliphatic rings. The molecule has 0 aromatic carbocycles. The van der Waals surface area contributed by atoms with Gasteiger partial charge in [0.2, 0.25) is 0 Å². The Morgan fingerprint density at radius 3 is 0.838 bits per heavy atom. The number of rotatable bonds is 57. The van der Waals surface area contributed by atoms with Crippen LogP contribution in [0.5, 0.6) is 0 Å². The van der Waals surface area contributed by atoms with Gasteiger partial charge in [-0.3, -0.25) is 14.4 Å². The molecule has 1 atom stereocenters. The van der Waals surface area contributed by atoms with E-state index in [1.807, 2.05) is 0 Å². The first-order valence-corrected chi connectivity index (χ1v) is 32.5. The number of carbonyl (C=O) groups is 3. The maximum Gasteiger partial charge on any atom is 0.306 e. The Morgan fingerprint density at radius 1 is 0.263 bits per heavy atom. The predicted molar refractivity (Wildman–Crippen MR) is 348 cm³/mol. The maximum atomic E-state index is 12.9. The molecule has 0 spiro atoms. The van der Waals surface area contributed by atoms with E-state index in [2.05, 4.69) is 179 Å². The summed E-state index contributed by atoms with van der Waals surface area (Å²) in [5.74, 6) is -0.977. The lowest BCUT2D eigenvalue weighted by Gasteiger charge is -2.18. The molecule has 1 unspecified atom stereocenters. The van der Waals surface area contributed by atoms with Crippen LogP contribution in [0.2, 0.25) is 0 Å². The van der Waals surface area contributed by atoms with E-state index in [0.29, 0.717) is 25.7 Å². The minimum atomic E-state index is -0.814. The number of hydrogen-bond acceptors (Lipinski definition) is 6. The van der Waals surface area contributed by atoms with Crippen molar-refractivity contribution in [2.75, 3.05) is 13.2 Å². The highest BCUT2D eigenvalue weighted by molar-refractivity contribution is 5.71. The van der Waals surface area contributed by atoms with Gasteiger partial charge in [-0.05, 0) is 148 Å². The lowest BCUT2D eigenvalue weighted by atomic mass is 10.1. The fourth-order valence-electron chi connectivity index (χ4n) is 8.36. The standard InChI is InChI=1S/C74H118O6/c1-4-7-10-13-16-19-22-25-28-29-30-31-32-33-34-35-36-37-38-39-40-41-42-43-44-45-47-49-52-55-58-61-64-67-73(76)79-70-71(69-78-72(75)66-63-60-57-54-51-48-27-24-21-18-15-12-9-6-3)80-74(77)68-65-62-59-56-53-50-46-26-23-20-17-14-11-8-5-2/h7,10,15-16,18-19,24-28,30-31,33-34,36-37,39-40,42-43,45-47,52,55,71H,4-6,8-9,11-14,17,20-23,29,32,35,38,41,44,48-51,53-54,56-70H2,1-3H3/b10-7-,18-15-,19-16-,27-24-,28-25-,31-30-,34-33-,37-36-,40-39-,43-42-,46-26-,47-45-,55-52-. The summed E-state index contributed by atoms with van der Waals surface area (Å²) in [6.45, 7) is 6.42. The summed E-state index contributed by atoms with van der Waals surface area (Å²) in [7, 11) is 0. The topological polar surface area (TPSA) is 78.9 Å². The number of ether oxygens (including phenoxy) is 3. The van der Waals surface area contributed by atoms with Crippen molar-refractivity contribution < 1.29 is 28.6 Å². The van der Waals surface area contributed by atoms with Crippen molar-refractivity contribution in [1.82, 2.24) is 0 Å². The fraction of sp³-hybridized carbons (Fsp3) is 0.608. The lowest BCUT2D eigenvalue weighted by Crippen LogP contribution is -2.30. The van der Waals surface area contributed by atoms with Gasteiger partial charge >= 0.3 is 17.9 Å². The summed E-state index contributed by atoms with van der Waals surface area (Å²) >= 11 is 0. The molecule has 0 fully saturated rings. The maximum absolute atomic E-state index is 12.9. The van der Waals surface area contributed by atoms with E-state index in [9.17, 15) is 14.4 Å². The van der Waals surface area contributed by atoms with Gasteiger partial charge < -0.3 is 14.2 Å². The van der Waals surface area contributed by atoms with Crippen molar-refractivity contribution in [2.45, 2.75) is 277 Å². The van der Waals surface area contributed by atoms with E-state index >= 15 is 0 Å². The molecule has 0 saturated heterocycles. The highest BCUT2D eigenvalue weighted by Crippen LogP contribution is 2.14. The zero-order valence-corrected chi connectivity index (χ0v) is 51.5. The zero-order chi connectivity index (χ0) is 57.8. The van der Waals surface area contributed by atoms with Crippen LogP contribution in [-0.2, 0) is 28.6 Å². The molecule has 0 aromatic rings. The zero-order valence-electron chi connectivity index (χ0n) is 51.5. The molecule has 0 heterocycles. The van der Waals surface area contributed by atoms with Crippen molar-refractivity contribution >= 4 is 17.9 Å². The van der Waals surface area contributed by atoms with Gasteiger partial charge in [0.1, 0.15) is 13.2 Å². The van der Waals surface area contributed by atoms with Crippen LogP contribution in [0.15, 0.2) is 158 Å². The van der Waals surface area contributed by atoms with Crippen molar-refractivity contribution in [3.63, 3.8) is 0 Å². The van der Waals surface area contributed by atoms with Crippen LogP contribution in [0.3, 0.4) is 0 Å². The third-order valence-corrected chi connectivity index (χ3v) is 13.2. The molecule has 0 aliphatic heterocycles. The van der Waals surface area contributed by atoms with Gasteiger partial charge in [0.25, 0.3) is 0 Å². The number of unbranched alkanes of at least 4 members (excludes halogenated alkanes) is 20. The molecule has 0 saturated carbocycles. The Morgan fingerprint density at radius 2 is 0.500 bits per heavy atom. The Labute approximate surface area is 492 Å². The second-order valence-corrected chi connectivity index (χ2v) is 20.9. The summed E-state index contributed by atoms with van der Waals surface area (Å²) in [4.78, 5) is 38.2. The van der Waals surface area contributed by atoms with Crippen LogP contribution in [0.25, 0.3) is 0 Å². The quantitative estimate of drug-likeness (QED) is 0.0261. The van der Waals surface area contributed by atoms with Crippen molar-refractivity contribution in [1.29, 1.82) is 0 Å². The number of allylic oxidation sites excluding steroid dienone is 26. The molecule has 80 heavy (non-hydrogen) atoms. The van der Waals surface area contributed by atoms with Gasteiger partial charge in [0.05, 0.1) is 0 Å². The van der Waals surface area contributed by atoms with E-state index in [4.69, 9.17) is 14.2 Å². The normalized spacial score (nSPS) is 13.2. The van der Waals surface area contributed by atoms with Gasteiger partial charge in [-0.15, -0.1) is 0 Å². The van der Waals surface area contributed by atoms with Crippen LogP contribution >= 0.6 is 0 Å². The number of hydrogen-bond donors (Lipinski definition) is 0. The Bertz CT molecular complexity index is 1790. The van der Waals surface area contributed by atoms with E-state index in [1.165, 1.54) is 70.6 Å². The van der Waals surface area contributed by atoms with Gasteiger partial charge in [0, 0.05) is 19.3 Å². The van der Waals surface area contributed by atoms with Gasteiger partial charge in [0.15, 0.2) is 6.10 Å². The lowest BCUT2D eigenvalue weighted by molar-refractivity contribution is -0.167. The second-order valence-electron chi connectivity index (χ2n) is 20.9. The highest BCUT2D eigenvalue weighted by atomic mass is 16.6. The summed E-state index contributed by atoms with van der Waals surface area (Å²) in [6.07, 6.45) is 96.8. The van der Waals surface area contributed by atoms with Gasteiger partial charge in [-0.1, -0.05) is 262 Å². The number of carbonyl (C=O) groups excluding carboxylic acids is 3.